The molecule has 21 heavy (non-hydrogen) atoms. The minimum Gasteiger partial charge on any atom is -0.301 e. The number of rotatable bonds is 3. The van der Waals surface area contributed by atoms with Crippen LogP contribution in [0.3, 0.4) is 0 Å². The van der Waals surface area contributed by atoms with Crippen molar-refractivity contribution >= 4 is 32.6 Å². The first-order valence-electron chi connectivity index (χ1n) is 7.48. The first-order chi connectivity index (χ1) is 10.1. The highest BCUT2D eigenvalue weighted by molar-refractivity contribution is 7.22. The van der Waals surface area contributed by atoms with Crippen molar-refractivity contribution in [3.05, 3.63) is 24.3 Å². The van der Waals surface area contributed by atoms with Gasteiger partial charge < -0.3 is 5.32 Å². The van der Waals surface area contributed by atoms with Gasteiger partial charge in [0.2, 0.25) is 5.91 Å². The third-order valence-corrected chi connectivity index (χ3v) is 4.80. The Kier molecular flexibility index (Phi) is 4.22. The number of hydrogen-bond donors (Lipinski definition) is 1. The summed E-state index contributed by atoms with van der Waals surface area (Å²) in [6.07, 6.45) is 1.26. The van der Waals surface area contributed by atoms with E-state index in [2.05, 4.69) is 29.0 Å². The van der Waals surface area contributed by atoms with E-state index in [9.17, 15) is 4.79 Å². The molecule has 1 N–H and O–H groups in total. The van der Waals surface area contributed by atoms with Gasteiger partial charge in [0.05, 0.1) is 16.8 Å². The normalized spacial score (nSPS) is 23.3. The molecule has 2 heterocycles. The Morgan fingerprint density at radius 2 is 2.05 bits per heavy atom. The Hall–Kier alpha value is -1.46. The fourth-order valence-electron chi connectivity index (χ4n) is 3.21. The summed E-state index contributed by atoms with van der Waals surface area (Å²) in [5.41, 5.74) is 0.943. The predicted octanol–water partition coefficient (Wildman–Crippen LogP) is 3.21. The fourth-order valence-corrected chi connectivity index (χ4v) is 4.09. The van der Waals surface area contributed by atoms with E-state index in [1.165, 1.54) is 17.8 Å². The van der Waals surface area contributed by atoms with Crippen molar-refractivity contribution in [3.63, 3.8) is 0 Å². The summed E-state index contributed by atoms with van der Waals surface area (Å²) in [7, 11) is 0. The zero-order chi connectivity index (χ0) is 14.8. The molecule has 1 aromatic heterocycles. The van der Waals surface area contributed by atoms with Gasteiger partial charge in [0.15, 0.2) is 5.13 Å². The molecule has 1 aromatic carbocycles. The van der Waals surface area contributed by atoms with Crippen LogP contribution in [0.4, 0.5) is 5.13 Å². The molecule has 0 saturated carbocycles. The van der Waals surface area contributed by atoms with Crippen LogP contribution >= 0.6 is 11.3 Å². The number of para-hydroxylation sites is 1. The monoisotopic (exact) mass is 303 g/mol. The Balaban J connectivity index is 1.61. The summed E-state index contributed by atoms with van der Waals surface area (Å²) < 4.78 is 1.10. The van der Waals surface area contributed by atoms with Gasteiger partial charge in [0.25, 0.3) is 0 Å². The van der Waals surface area contributed by atoms with Crippen molar-refractivity contribution in [2.75, 3.05) is 25.0 Å². The summed E-state index contributed by atoms with van der Waals surface area (Å²) in [4.78, 5) is 18.9. The molecule has 0 radical (unpaired) electrons. The lowest BCUT2D eigenvalue weighted by molar-refractivity contribution is -0.117. The number of hydrogen-bond acceptors (Lipinski definition) is 4. The van der Waals surface area contributed by atoms with E-state index < -0.39 is 0 Å². The molecular weight excluding hydrogens is 282 g/mol. The molecule has 1 amide bonds. The lowest BCUT2D eigenvalue weighted by Gasteiger charge is -2.34. The maximum atomic E-state index is 12.2. The van der Waals surface area contributed by atoms with Gasteiger partial charge in [-0.05, 0) is 30.4 Å². The van der Waals surface area contributed by atoms with Crippen LogP contribution in [0, 0.1) is 11.8 Å². The molecule has 2 atom stereocenters. The van der Waals surface area contributed by atoms with E-state index in [1.54, 1.807) is 0 Å². The smallest absolute Gasteiger partial charge is 0.240 e. The number of benzene rings is 1. The van der Waals surface area contributed by atoms with Crippen molar-refractivity contribution in [1.29, 1.82) is 0 Å². The third-order valence-electron chi connectivity index (χ3n) is 3.85. The molecule has 1 fully saturated rings. The predicted molar refractivity (Wildman–Crippen MR) is 87.6 cm³/mol. The highest BCUT2D eigenvalue weighted by Crippen LogP contribution is 2.25. The molecule has 112 valence electrons. The van der Waals surface area contributed by atoms with Crippen LogP contribution in [0.15, 0.2) is 24.3 Å². The summed E-state index contributed by atoms with van der Waals surface area (Å²) in [5.74, 6) is 1.38. The van der Waals surface area contributed by atoms with E-state index in [-0.39, 0.29) is 5.91 Å². The maximum absolute atomic E-state index is 12.2. The van der Waals surface area contributed by atoms with Crippen molar-refractivity contribution < 1.29 is 4.79 Å². The minimum absolute atomic E-state index is 0.0374. The van der Waals surface area contributed by atoms with Gasteiger partial charge in [-0.1, -0.05) is 37.3 Å². The molecule has 5 heteroatoms. The molecule has 2 aromatic rings. The van der Waals surface area contributed by atoms with Gasteiger partial charge in [-0.15, -0.1) is 0 Å². The van der Waals surface area contributed by atoms with Gasteiger partial charge in [0, 0.05) is 13.1 Å². The molecule has 0 aliphatic carbocycles. The van der Waals surface area contributed by atoms with Gasteiger partial charge in [-0.25, -0.2) is 4.98 Å². The van der Waals surface area contributed by atoms with Crippen molar-refractivity contribution in [2.24, 2.45) is 11.8 Å². The lowest BCUT2D eigenvalue weighted by Crippen LogP contribution is -2.42. The number of likely N-dealkylation sites (tertiary alicyclic amines) is 1. The quantitative estimate of drug-likeness (QED) is 0.947. The second-order valence-corrected chi connectivity index (χ2v) is 7.21. The molecule has 4 nitrogen and oxygen atoms in total. The van der Waals surface area contributed by atoms with Gasteiger partial charge in [-0.3, -0.25) is 9.69 Å². The maximum Gasteiger partial charge on any atom is 0.240 e. The molecule has 0 unspecified atom stereocenters. The summed E-state index contributed by atoms with van der Waals surface area (Å²) in [6.45, 7) is 7.00. The highest BCUT2D eigenvalue weighted by Gasteiger charge is 2.23. The first kappa shape index (κ1) is 14.5. The summed E-state index contributed by atoms with van der Waals surface area (Å²) >= 11 is 1.53. The van der Waals surface area contributed by atoms with Crippen LogP contribution in [-0.4, -0.2) is 35.4 Å². The van der Waals surface area contributed by atoms with Gasteiger partial charge >= 0.3 is 0 Å². The number of anilines is 1. The largest absolute Gasteiger partial charge is 0.301 e. The molecule has 1 saturated heterocycles. The Morgan fingerprint density at radius 3 is 2.76 bits per heavy atom. The number of carbonyl (C=O) groups excluding carboxylic acids is 1. The number of piperidine rings is 1. The van der Waals surface area contributed by atoms with Crippen LogP contribution in [0.5, 0.6) is 0 Å². The van der Waals surface area contributed by atoms with E-state index in [0.717, 1.165) is 23.3 Å². The fraction of sp³-hybridized carbons (Fsp3) is 0.500. The molecule has 0 spiro atoms. The van der Waals surface area contributed by atoms with Gasteiger partial charge in [0.1, 0.15) is 0 Å². The Morgan fingerprint density at radius 1 is 1.33 bits per heavy atom. The molecule has 3 rings (SSSR count). The minimum atomic E-state index is 0.0374. The molecule has 1 aliphatic heterocycles. The number of nitrogens with zero attached hydrogens (tertiary/aromatic N) is 2. The zero-order valence-corrected chi connectivity index (χ0v) is 13.3. The van der Waals surface area contributed by atoms with E-state index >= 15 is 0 Å². The van der Waals surface area contributed by atoms with Crippen molar-refractivity contribution in [3.8, 4) is 0 Å². The average Bonchev–Trinajstić information content (AvgIpc) is 2.78. The Labute approximate surface area is 129 Å². The lowest BCUT2D eigenvalue weighted by atomic mass is 9.92. The average molecular weight is 303 g/mol. The standard InChI is InChI=1S/C16H21N3OS/c1-11-7-12(2)9-19(8-11)10-15(20)18-16-17-13-5-3-4-6-14(13)21-16/h3-6,11-12H,7-10H2,1-2H3,(H,17,18,20)/t11-,12-/m1/s1. The summed E-state index contributed by atoms with van der Waals surface area (Å²) in [5, 5.41) is 3.63. The highest BCUT2D eigenvalue weighted by atomic mass is 32.1. The van der Waals surface area contributed by atoms with Crippen LogP contribution in [-0.2, 0) is 4.79 Å². The topological polar surface area (TPSA) is 45.2 Å². The second-order valence-electron chi connectivity index (χ2n) is 6.18. The Bertz CT molecular complexity index is 596. The van der Waals surface area contributed by atoms with Crippen molar-refractivity contribution in [2.45, 2.75) is 20.3 Å². The van der Waals surface area contributed by atoms with Crippen LogP contribution in [0.25, 0.3) is 10.2 Å². The molecular formula is C16H21N3OS. The van der Waals surface area contributed by atoms with Crippen LogP contribution in [0.1, 0.15) is 20.3 Å². The number of nitrogens with one attached hydrogen (secondary N) is 1. The van der Waals surface area contributed by atoms with Gasteiger partial charge in [-0.2, -0.15) is 0 Å². The first-order valence-corrected chi connectivity index (χ1v) is 8.29. The zero-order valence-electron chi connectivity index (χ0n) is 12.5. The van der Waals surface area contributed by atoms with Crippen LogP contribution < -0.4 is 5.32 Å². The number of aromatic nitrogens is 1. The molecule has 0 bridgehead atoms. The molecule has 1 aliphatic rings. The van der Waals surface area contributed by atoms with Crippen molar-refractivity contribution in [1.82, 2.24) is 9.88 Å². The number of thiazole rings is 1. The van der Waals surface area contributed by atoms with Crippen LogP contribution in [0.2, 0.25) is 0 Å². The van der Waals surface area contributed by atoms with E-state index in [1.807, 2.05) is 24.3 Å². The van der Waals surface area contributed by atoms with E-state index in [0.29, 0.717) is 23.5 Å². The SMILES string of the molecule is C[C@@H]1C[C@@H](C)CN(CC(=O)Nc2nc3ccccc3s2)C1. The summed E-state index contributed by atoms with van der Waals surface area (Å²) in [6, 6.07) is 7.94. The third kappa shape index (κ3) is 3.60. The second kappa shape index (κ2) is 6.12. The number of amides is 1. The number of carbonyl (C=O) groups is 1. The van der Waals surface area contributed by atoms with E-state index in [4.69, 9.17) is 0 Å². The number of fused-ring (bicyclic) bond motifs is 1.